The Hall–Kier alpha value is -1.39. The van der Waals surface area contributed by atoms with Gasteiger partial charge < -0.3 is 10.9 Å². The minimum Gasteiger partial charge on any atom is -0.476 e. The smallest absolute Gasteiger partial charge is 0.357 e. The van der Waals surface area contributed by atoms with E-state index in [-0.39, 0.29) is 11.8 Å². The first-order valence-electron chi connectivity index (χ1n) is 3.12. The van der Waals surface area contributed by atoms with Crippen molar-refractivity contribution < 1.29 is 9.90 Å². The highest BCUT2D eigenvalue weighted by atomic mass is 16.4. The molecule has 0 aliphatic carbocycles. The van der Waals surface area contributed by atoms with E-state index in [0.29, 0.717) is 0 Å². The number of rotatable bonds is 3. The Labute approximate surface area is 64.6 Å². The summed E-state index contributed by atoms with van der Waals surface area (Å²) >= 11 is 0. The fourth-order valence-corrected chi connectivity index (χ4v) is 0.363. The molecule has 11 heavy (non-hydrogen) atoms. The molecule has 0 saturated heterocycles. The molecule has 0 radical (unpaired) electrons. The number of carbonyl (C=O) groups is 1. The van der Waals surface area contributed by atoms with Gasteiger partial charge in [-0.2, -0.15) is 5.10 Å². The Morgan fingerprint density at radius 3 is 2.45 bits per heavy atom. The number of carboxylic acid groups (broad SMARTS) is 1. The molecular weight excluding hydrogens is 146 g/mol. The molecule has 0 aromatic heterocycles. The molecule has 0 aliphatic rings. The van der Waals surface area contributed by atoms with Gasteiger partial charge in [0.1, 0.15) is 0 Å². The van der Waals surface area contributed by atoms with Crippen molar-refractivity contribution in [3.63, 3.8) is 0 Å². The van der Waals surface area contributed by atoms with Gasteiger partial charge in [0.25, 0.3) is 0 Å². The van der Waals surface area contributed by atoms with Gasteiger partial charge in [-0.25, -0.2) is 4.79 Å². The van der Waals surface area contributed by atoms with E-state index in [1.54, 1.807) is 0 Å². The maximum atomic E-state index is 10.2. The highest BCUT2D eigenvalue weighted by Crippen LogP contribution is 1.83. The summed E-state index contributed by atoms with van der Waals surface area (Å²) in [6.45, 7) is 3.65. The zero-order chi connectivity index (χ0) is 8.85. The van der Waals surface area contributed by atoms with Crippen LogP contribution in [0.25, 0.3) is 0 Å². The second-order valence-electron chi connectivity index (χ2n) is 2.19. The van der Waals surface area contributed by atoms with Crippen LogP contribution in [0.1, 0.15) is 13.8 Å². The van der Waals surface area contributed by atoms with E-state index >= 15 is 0 Å². The predicted molar refractivity (Wildman–Crippen MR) is 42.9 cm³/mol. The number of aliphatic carboxylic acids is 1. The monoisotopic (exact) mass is 157 g/mol. The fraction of sp³-hybridized carbons (Fsp3) is 0.500. The third kappa shape index (κ3) is 4.07. The summed E-state index contributed by atoms with van der Waals surface area (Å²) in [5.41, 5.74) is -0.237. The van der Waals surface area contributed by atoms with Gasteiger partial charge in [-0.15, -0.1) is 0 Å². The van der Waals surface area contributed by atoms with Crippen molar-refractivity contribution in [1.82, 2.24) is 0 Å². The van der Waals surface area contributed by atoms with E-state index in [2.05, 4.69) is 10.1 Å². The Kier molecular flexibility index (Phi) is 3.87. The van der Waals surface area contributed by atoms with Crippen LogP contribution in [0.15, 0.2) is 10.1 Å². The van der Waals surface area contributed by atoms with Gasteiger partial charge in [0.15, 0.2) is 5.71 Å². The molecule has 0 amide bonds. The molecule has 5 nitrogen and oxygen atoms in total. The number of hydrazone groups is 1. The van der Waals surface area contributed by atoms with Crippen molar-refractivity contribution in [2.75, 3.05) is 0 Å². The summed E-state index contributed by atoms with van der Waals surface area (Å²) in [6, 6.07) is 0.0473. The summed E-state index contributed by atoms with van der Waals surface area (Å²) in [7, 11) is 0. The minimum atomic E-state index is -1.17. The van der Waals surface area contributed by atoms with Crippen molar-refractivity contribution in [1.29, 1.82) is 0 Å². The van der Waals surface area contributed by atoms with Crippen LogP contribution in [0.2, 0.25) is 0 Å². The molecule has 0 unspecified atom stereocenters. The number of aliphatic imine (C=N–C) groups is 1. The summed E-state index contributed by atoms with van der Waals surface area (Å²) < 4.78 is 0. The molecule has 0 fully saturated rings. The van der Waals surface area contributed by atoms with Gasteiger partial charge in [-0.1, -0.05) is 0 Å². The van der Waals surface area contributed by atoms with Crippen LogP contribution < -0.4 is 5.84 Å². The van der Waals surface area contributed by atoms with Gasteiger partial charge in [0.05, 0.1) is 6.21 Å². The van der Waals surface area contributed by atoms with Crippen molar-refractivity contribution in [3.8, 4) is 0 Å². The maximum absolute atomic E-state index is 10.2. The average molecular weight is 157 g/mol. The first-order valence-corrected chi connectivity index (χ1v) is 3.12. The summed E-state index contributed by atoms with van der Waals surface area (Å²) in [5, 5.41) is 11.4. The Bertz CT molecular complexity index is 196. The number of carboxylic acids is 1. The summed E-state index contributed by atoms with van der Waals surface area (Å²) in [5.74, 6) is 3.61. The zero-order valence-electron chi connectivity index (χ0n) is 6.48. The van der Waals surface area contributed by atoms with Crippen LogP contribution >= 0.6 is 0 Å². The molecule has 62 valence electrons. The molecule has 3 N–H and O–H groups in total. The fourth-order valence-electron chi connectivity index (χ4n) is 0.363. The number of hydrogen-bond acceptors (Lipinski definition) is 4. The molecule has 0 atom stereocenters. The molecule has 0 heterocycles. The van der Waals surface area contributed by atoms with Crippen molar-refractivity contribution in [2.45, 2.75) is 19.9 Å². The van der Waals surface area contributed by atoms with E-state index in [9.17, 15) is 4.79 Å². The standard InChI is InChI=1S/C6H11N3O2/c1-4(2)8-3-5(9-7)6(10)11/h3-4H,7H2,1-2H3,(H,10,11). The second kappa shape index (κ2) is 4.43. The minimum absolute atomic E-state index is 0.0473. The quantitative estimate of drug-likeness (QED) is 0.339. The molecule has 0 bridgehead atoms. The van der Waals surface area contributed by atoms with E-state index in [1.807, 2.05) is 13.8 Å². The lowest BCUT2D eigenvalue weighted by Crippen LogP contribution is -2.17. The molecule has 5 heteroatoms. The largest absolute Gasteiger partial charge is 0.476 e. The Morgan fingerprint density at radius 2 is 2.18 bits per heavy atom. The van der Waals surface area contributed by atoms with Crippen molar-refractivity contribution in [2.24, 2.45) is 15.9 Å². The Morgan fingerprint density at radius 1 is 1.64 bits per heavy atom. The van der Waals surface area contributed by atoms with Gasteiger partial charge in [-0.3, -0.25) is 4.99 Å². The topological polar surface area (TPSA) is 88.0 Å². The van der Waals surface area contributed by atoms with Gasteiger partial charge in [0.2, 0.25) is 0 Å². The molecule has 0 aliphatic heterocycles. The van der Waals surface area contributed by atoms with Gasteiger partial charge >= 0.3 is 5.97 Å². The highest BCUT2D eigenvalue weighted by molar-refractivity contribution is 6.58. The van der Waals surface area contributed by atoms with Gasteiger partial charge in [-0.05, 0) is 13.8 Å². The highest BCUT2D eigenvalue weighted by Gasteiger charge is 2.04. The lowest BCUT2D eigenvalue weighted by atomic mass is 10.4. The van der Waals surface area contributed by atoms with Crippen LogP contribution in [0.4, 0.5) is 0 Å². The predicted octanol–water partition coefficient (Wildman–Crippen LogP) is -0.135. The average Bonchev–Trinajstić information content (AvgIpc) is 1.87. The molecular formula is C6H11N3O2. The van der Waals surface area contributed by atoms with E-state index in [0.717, 1.165) is 6.21 Å². The number of hydrogen-bond donors (Lipinski definition) is 2. The first kappa shape index (κ1) is 9.61. The van der Waals surface area contributed by atoms with Crippen LogP contribution in [0.5, 0.6) is 0 Å². The second-order valence-corrected chi connectivity index (χ2v) is 2.19. The van der Waals surface area contributed by atoms with Gasteiger partial charge in [0, 0.05) is 6.04 Å². The number of nitrogens with two attached hydrogens (primary N) is 1. The lowest BCUT2D eigenvalue weighted by Gasteiger charge is -1.93. The normalized spacial score (nSPS) is 12.8. The lowest BCUT2D eigenvalue weighted by molar-refractivity contribution is -0.129. The molecule has 0 saturated carbocycles. The molecule has 0 aromatic carbocycles. The summed E-state index contributed by atoms with van der Waals surface area (Å²) in [6.07, 6.45) is 1.15. The molecule has 0 rings (SSSR count). The van der Waals surface area contributed by atoms with Crippen LogP contribution in [-0.2, 0) is 4.79 Å². The Balaban J connectivity index is 4.22. The van der Waals surface area contributed by atoms with E-state index in [4.69, 9.17) is 10.9 Å². The van der Waals surface area contributed by atoms with Crippen LogP contribution in [-0.4, -0.2) is 29.0 Å². The van der Waals surface area contributed by atoms with Crippen LogP contribution in [0, 0.1) is 0 Å². The van der Waals surface area contributed by atoms with Crippen molar-refractivity contribution >= 4 is 17.9 Å². The molecule has 0 aromatic rings. The zero-order valence-corrected chi connectivity index (χ0v) is 6.48. The SMILES string of the molecule is CC(C)N=CC(=NN)C(=O)O. The first-order chi connectivity index (χ1) is 5.07. The maximum Gasteiger partial charge on any atom is 0.357 e. The van der Waals surface area contributed by atoms with E-state index in [1.165, 1.54) is 0 Å². The third-order valence-electron chi connectivity index (χ3n) is 0.853. The van der Waals surface area contributed by atoms with Crippen LogP contribution in [0.3, 0.4) is 0 Å². The summed E-state index contributed by atoms with van der Waals surface area (Å²) in [4.78, 5) is 14.0. The van der Waals surface area contributed by atoms with E-state index < -0.39 is 5.97 Å². The number of nitrogens with zero attached hydrogens (tertiary/aromatic N) is 2. The molecule has 0 spiro atoms. The third-order valence-corrected chi connectivity index (χ3v) is 0.853. The van der Waals surface area contributed by atoms with Crippen molar-refractivity contribution in [3.05, 3.63) is 0 Å².